The van der Waals surface area contributed by atoms with Crippen LogP contribution in [0, 0.1) is 13.8 Å². The molecule has 5 heteroatoms. The van der Waals surface area contributed by atoms with Gasteiger partial charge in [-0.2, -0.15) is 0 Å². The van der Waals surface area contributed by atoms with Gasteiger partial charge >= 0.3 is 5.97 Å². The van der Waals surface area contributed by atoms with Crippen molar-refractivity contribution < 1.29 is 14.3 Å². The molecule has 41 heavy (non-hydrogen) atoms. The van der Waals surface area contributed by atoms with Crippen LogP contribution in [-0.2, 0) is 10.3 Å². The number of anilines is 3. The van der Waals surface area contributed by atoms with Crippen molar-refractivity contribution in [3.63, 3.8) is 0 Å². The van der Waals surface area contributed by atoms with Gasteiger partial charge < -0.3 is 19.7 Å². The van der Waals surface area contributed by atoms with Gasteiger partial charge in [-0.25, -0.2) is 4.79 Å². The number of benzene rings is 4. The molecule has 0 aromatic heterocycles. The van der Waals surface area contributed by atoms with E-state index in [0.29, 0.717) is 11.3 Å². The summed E-state index contributed by atoms with van der Waals surface area (Å²) in [6.45, 7) is 7.38. The average molecular weight is 547 g/mol. The molecule has 0 radical (unpaired) electrons. The van der Waals surface area contributed by atoms with Gasteiger partial charge in [0, 0.05) is 53.4 Å². The van der Waals surface area contributed by atoms with Crippen LogP contribution in [0.3, 0.4) is 0 Å². The summed E-state index contributed by atoms with van der Waals surface area (Å²) >= 11 is 0. The summed E-state index contributed by atoms with van der Waals surface area (Å²) in [7, 11) is 2.13. The third kappa shape index (κ3) is 4.84. The second-order valence-corrected chi connectivity index (χ2v) is 11.4. The normalized spacial score (nSPS) is 16.4. The molecule has 6 rings (SSSR count). The van der Waals surface area contributed by atoms with Gasteiger partial charge in [0.15, 0.2) is 5.60 Å². The molecule has 0 saturated carbocycles. The minimum Gasteiger partial charge on any atom is -0.456 e. The number of carbonyl (C=O) groups is 1. The standard InChI is InChI=1S/C36H38N2O3/c1-5-6-7-8-11-19-38(4)27-17-18-30-34(22-27)40-33-21-25(3)32(37-26-14-12-13-24(2)20-26)23-31(33)36(30)29-16-10-9-15-28(29)35(39)41-36/h9-10,12-18,20-23,37H,5-8,11,19H2,1-4H3. The Labute approximate surface area is 243 Å². The van der Waals surface area contributed by atoms with Gasteiger partial charge in [-0.05, 0) is 73.9 Å². The van der Waals surface area contributed by atoms with Crippen molar-refractivity contribution in [3.05, 3.63) is 112 Å². The van der Waals surface area contributed by atoms with Crippen LogP contribution < -0.4 is 15.0 Å². The number of aryl methyl sites for hydroxylation is 2. The molecule has 0 fully saturated rings. The van der Waals surface area contributed by atoms with Crippen LogP contribution in [0.1, 0.15) is 77.2 Å². The smallest absolute Gasteiger partial charge is 0.340 e. The molecule has 0 bridgehead atoms. The van der Waals surface area contributed by atoms with E-state index in [1.54, 1.807) is 0 Å². The fourth-order valence-electron chi connectivity index (χ4n) is 6.14. The van der Waals surface area contributed by atoms with Crippen LogP contribution in [0.5, 0.6) is 11.5 Å². The highest BCUT2D eigenvalue weighted by Gasteiger charge is 2.53. The molecule has 5 nitrogen and oxygen atoms in total. The SMILES string of the molecule is CCCCCCCN(C)c1ccc2c(c1)Oc1cc(C)c(Nc3cccc(C)c3)cc1C21OC(=O)c2ccccc21. The summed E-state index contributed by atoms with van der Waals surface area (Å²) < 4.78 is 13.0. The molecular weight excluding hydrogens is 508 g/mol. The fraction of sp³-hybridized carbons (Fsp3) is 0.306. The van der Waals surface area contributed by atoms with Crippen molar-refractivity contribution >= 4 is 23.0 Å². The predicted molar refractivity (Wildman–Crippen MR) is 166 cm³/mol. The second kappa shape index (κ2) is 11.0. The zero-order valence-corrected chi connectivity index (χ0v) is 24.4. The molecule has 0 saturated heterocycles. The van der Waals surface area contributed by atoms with E-state index < -0.39 is 5.60 Å². The van der Waals surface area contributed by atoms with Crippen LogP contribution in [-0.4, -0.2) is 19.6 Å². The van der Waals surface area contributed by atoms with Crippen LogP contribution in [0.2, 0.25) is 0 Å². The Morgan fingerprint density at radius 2 is 1.61 bits per heavy atom. The van der Waals surface area contributed by atoms with Crippen molar-refractivity contribution in [3.8, 4) is 11.5 Å². The summed E-state index contributed by atoms with van der Waals surface area (Å²) in [4.78, 5) is 15.6. The Morgan fingerprint density at radius 3 is 2.44 bits per heavy atom. The van der Waals surface area contributed by atoms with E-state index in [1.807, 2.05) is 30.3 Å². The summed E-state index contributed by atoms with van der Waals surface area (Å²) in [6.07, 6.45) is 6.21. The highest BCUT2D eigenvalue weighted by atomic mass is 16.6. The maximum absolute atomic E-state index is 13.3. The number of unbranched alkanes of at least 4 members (excludes halogenated alkanes) is 4. The molecule has 1 unspecified atom stereocenters. The summed E-state index contributed by atoms with van der Waals surface area (Å²) in [5, 5.41) is 3.58. The number of nitrogens with zero attached hydrogens (tertiary/aromatic N) is 1. The van der Waals surface area contributed by atoms with E-state index in [4.69, 9.17) is 9.47 Å². The Bertz CT molecular complexity index is 1610. The Kier molecular flexibility index (Phi) is 7.21. The summed E-state index contributed by atoms with van der Waals surface area (Å²) in [5.74, 6) is 1.10. The highest BCUT2D eigenvalue weighted by molar-refractivity contribution is 5.97. The topological polar surface area (TPSA) is 50.8 Å². The first-order chi connectivity index (χ1) is 19.9. The molecule has 1 atom stereocenters. The Hall–Kier alpha value is -4.25. The van der Waals surface area contributed by atoms with Gasteiger partial charge in [0.2, 0.25) is 0 Å². The van der Waals surface area contributed by atoms with Gasteiger partial charge in [0.05, 0.1) is 5.56 Å². The molecule has 2 heterocycles. The average Bonchev–Trinajstić information content (AvgIpc) is 3.26. The van der Waals surface area contributed by atoms with Crippen LogP contribution in [0.4, 0.5) is 17.1 Å². The molecule has 0 amide bonds. The minimum absolute atomic E-state index is 0.318. The molecule has 1 spiro atoms. The molecule has 4 aromatic carbocycles. The molecular formula is C36H38N2O3. The monoisotopic (exact) mass is 546 g/mol. The molecule has 2 aliphatic heterocycles. The van der Waals surface area contributed by atoms with Gasteiger partial charge in [0.1, 0.15) is 11.5 Å². The number of hydrogen-bond donors (Lipinski definition) is 1. The molecule has 210 valence electrons. The van der Waals surface area contributed by atoms with E-state index in [9.17, 15) is 4.79 Å². The lowest BCUT2D eigenvalue weighted by molar-refractivity contribution is 0.0224. The van der Waals surface area contributed by atoms with Gasteiger partial charge in [-0.1, -0.05) is 62.9 Å². The molecule has 1 N–H and O–H groups in total. The zero-order valence-electron chi connectivity index (χ0n) is 24.4. The minimum atomic E-state index is -1.09. The van der Waals surface area contributed by atoms with Crippen molar-refractivity contribution in [2.24, 2.45) is 0 Å². The number of nitrogens with one attached hydrogen (secondary N) is 1. The van der Waals surface area contributed by atoms with E-state index in [-0.39, 0.29) is 5.97 Å². The third-order valence-electron chi connectivity index (χ3n) is 8.38. The van der Waals surface area contributed by atoms with Gasteiger partial charge in [0.25, 0.3) is 0 Å². The molecule has 2 aliphatic rings. The highest BCUT2D eigenvalue weighted by Crippen LogP contribution is 2.57. The second-order valence-electron chi connectivity index (χ2n) is 11.4. The third-order valence-corrected chi connectivity index (χ3v) is 8.38. The first-order valence-electron chi connectivity index (χ1n) is 14.8. The first kappa shape index (κ1) is 26.9. The number of ether oxygens (including phenoxy) is 2. The lowest BCUT2D eigenvalue weighted by atomic mass is 9.77. The van der Waals surface area contributed by atoms with Crippen LogP contribution in [0.25, 0.3) is 0 Å². The lowest BCUT2D eigenvalue weighted by Gasteiger charge is -2.37. The molecule has 4 aromatic rings. The van der Waals surface area contributed by atoms with E-state index in [2.05, 4.69) is 86.6 Å². The van der Waals surface area contributed by atoms with Crippen molar-refractivity contribution in [2.45, 2.75) is 58.5 Å². The maximum atomic E-state index is 13.3. The number of rotatable bonds is 9. The number of fused-ring (bicyclic) bond motifs is 6. The van der Waals surface area contributed by atoms with Gasteiger partial charge in [-0.15, -0.1) is 0 Å². The fourth-order valence-corrected chi connectivity index (χ4v) is 6.14. The predicted octanol–water partition coefficient (Wildman–Crippen LogP) is 9.02. The maximum Gasteiger partial charge on any atom is 0.340 e. The van der Waals surface area contributed by atoms with Crippen molar-refractivity contribution in [2.75, 3.05) is 23.8 Å². The van der Waals surface area contributed by atoms with E-state index in [0.717, 1.165) is 58.0 Å². The molecule has 0 aliphatic carbocycles. The lowest BCUT2D eigenvalue weighted by Crippen LogP contribution is -2.33. The first-order valence-corrected chi connectivity index (χ1v) is 14.8. The number of carbonyl (C=O) groups excluding carboxylic acids is 1. The Balaban J connectivity index is 1.43. The van der Waals surface area contributed by atoms with Crippen molar-refractivity contribution in [1.29, 1.82) is 0 Å². The van der Waals surface area contributed by atoms with Crippen LogP contribution in [0.15, 0.2) is 78.9 Å². The van der Waals surface area contributed by atoms with E-state index >= 15 is 0 Å². The summed E-state index contributed by atoms with van der Waals surface area (Å²) in [5.41, 5.74) is 7.27. The van der Waals surface area contributed by atoms with Crippen molar-refractivity contribution in [1.82, 2.24) is 0 Å². The zero-order chi connectivity index (χ0) is 28.6. The summed E-state index contributed by atoms with van der Waals surface area (Å²) in [6, 6.07) is 26.4. The van der Waals surface area contributed by atoms with Crippen LogP contribution >= 0.6 is 0 Å². The number of esters is 1. The largest absolute Gasteiger partial charge is 0.456 e. The Morgan fingerprint density at radius 1 is 0.805 bits per heavy atom. The van der Waals surface area contributed by atoms with E-state index in [1.165, 1.54) is 31.2 Å². The quantitative estimate of drug-likeness (QED) is 0.168. The number of hydrogen-bond acceptors (Lipinski definition) is 5. The van der Waals surface area contributed by atoms with Gasteiger partial charge in [-0.3, -0.25) is 0 Å².